The normalized spacial score (nSPS) is 13.1. The molecular formula is C34H25N4OSi. The van der Waals surface area contributed by atoms with Crippen LogP contribution in [0, 0.1) is 0 Å². The Morgan fingerprint density at radius 2 is 1.50 bits per heavy atom. The molecule has 4 heterocycles. The Morgan fingerprint density at radius 3 is 2.40 bits per heavy atom. The van der Waals surface area contributed by atoms with Gasteiger partial charge < -0.3 is 9.30 Å². The maximum atomic E-state index is 6.46. The number of nitrogens with zero attached hydrogens (tertiary/aromatic N) is 4. The lowest BCUT2D eigenvalue weighted by Crippen LogP contribution is -2.29. The van der Waals surface area contributed by atoms with Crippen molar-refractivity contribution in [2.24, 2.45) is 0 Å². The molecule has 0 bridgehead atoms. The van der Waals surface area contributed by atoms with E-state index < -0.39 is 0 Å². The molecule has 4 aromatic carbocycles. The molecule has 1 radical (unpaired) electrons. The molecule has 1 aliphatic rings. The summed E-state index contributed by atoms with van der Waals surface area (Å²) in [5, 5.41) is 4.69. The summed E-state index contributed by atoms with van der Waals surface area (Å²) in [6, 6.07) is 38.2. The van der Waals surface area contributed by atoms with Gasteiger partial charge in [-0.25, -0.2) is 4.98 Å². The van der Waals surface area contributed by atoms with Gasteiger partial charge in [0, 0.05) is 37.5 Å². The maximum absolute atomic E-state index is 6.46. The van der Waals surface area contributed by atoms with E-state index in [9.17, 15) is 0 Å². The number of rotatable bonds is 3. The molecule has 40 heavy (non-hydrogen) atoms. The van der Waals surface area contributed by atoms with Crippen molar-refractivity contribution in [3.05, 3.63) is 115 Å². The highest BCUT2D eigenvalue weighted by molar-refractivity contribution is 6.55. The van der Waals surface area contributed by atoms with Gasteiger partial charge in [0.15, 0.2) is 17.3 Å². The summed E-state index contributed by atoms with van der Waals surface area (Å²) < 4.78 is 11.0. The minimum Gasteiger partial charge on any atom is -0.451 e. The summed E-state index contributed by atoms with van der Waals surface area (Å²) in [5.41, 5.74) is 6.41. The Morgan fingerprint density at radius 1 is 0.725 bits per heavy atom. The molecule has 0 spiro atoms. The topological polar surface area (TPSA) is 35.2 Å². The van der Waals surface area contributed by atoms with Gasteiger partial charge in [-0.2, -0.15) is 0 Å². The Kier molecular flexibility index (Phi) is 5.05. The smallest absolute Gasteiger partial charge is 0.182 e. The number of aromatic nitrogens is 3. The molecule has 6 heteroatoms. The Hall–Kier alpha value is -4.94. The average Bonchev–Trinajstić information content (AvgIpc) is 3.58. The first-order valence-corrected chi connectivity index (χ1v) is 14.9. The molecule has 5 nitrogen and oxygen atoms in total. The van der Waals surface area contributed by atoms with Gasteiger partial charge in [0.2, 0.25) is 0 Å². The first-order chi connectivity index (χ1) is 19.7. The van der Waals surface area contributed by atoms with E-state index in [0.29, 0.717) is 9.13 Å². The zero-order valence-electron chi connectivity index (χ0n) is 22.2. The van der Waals surface area contributed by atoms with Crippen LogP contribution in [-0.2, 0) is 0 Å². The van der Waals surface area contributed by atoms with E-state index in [2.05, 4.69) is 131 Å². The molecule has 0 aliphatic carbocycles. The van der Waals surface area contributed by atoms with Crippen LogP contribution in [0.4, 0.5) is 11.5 Å². The number of fused-ring (bicyclic) bond motifs is 6. The summed E-state index contributed by atoms with van der Waals surface area (Å²) in [5.74, 6) is 2.46. The number of hydrogen-bond acceptors (Lipinski definition) is 3. The third-order valence-electron chi connectivity index (χ3n) is 7.80. The third-order valence-corrected chi connectivity index (χ3v) is 8.74. The van der Waals surface area contributed by atoms with Crippen LogP contribution >= 0.6 is 0 Å². The van der Waals surface area contributed by atoms with Gasteiger partial charge in [-0.1, -0.05) is 61.1 Å². The van der Waals surface area contributed by atoms with Crippen molar-refractivity contribution >= 4 is 58.8 Å². The molecule has 0 atom stereocenters. The molecule has 3 aromatic heterocycles. The largest absolute Gasteiger partial charge is 0.451 e. The van der Waals surface area contributed by atoms with Crippen LogP contribution in [-0.4, -0.2) is 28.5 Å². The number of benzene rings is 4. The van der Waals surface area contributed by atoms with E-state index in [1.165, 1.54) is 16.2 Å². The van der Waals surface area contributed by atoms with Crippen molar-refractivity contribution in [3.63, 3.8) is 0 Å². The summed E-state index contributed by atoms with van der Waals surface area (Å²) in [4.78, 5) is 7.62. The van der Waals surface area contributed by atoms with Crippen LogP contribution in [0.25, 0.3) is 44.2 Å². The van der Waals surface area contributed by atoms with Crippen molar-refractivity contribution in [1.82, 2.24) is 14.1 Å². The van der Waals surface area contributed by atoms with Crippen LogP contribution in [0.15, 0.2) is 115 Å². The lowest BCUT2D eigenvalue weighted by Gasteiger charge is -2.32. The summed E-state index contributed by atoms with van der Waals surface area (Å²) in [6.45, 7) is 4.38. The Bertz CT molecular complexity index is 2140. The molecule has 0 saturated heterocycles. The van der Waals surface area contributed by atoms with Gasteiger partial charge in [-0.15, -0.1) is 0 Å². The predicted octanol–water partition coefficient (Wildman–Crippen LogP) is 8.27. The van der Waals surface area contributed by atoms with Gasteiger partial charge in [-0.3, -0.25) is 9.47 Å². The van der Waals surface area contributed by atoms with E-state index in [1.54, 1.807) is 0 Å². The van der Waals surface area contributed by atoms with Gasteiger partial charge in [0.25, 0.3) is 0 Å². The first-order valence-electron chi connectivity index (χ1n) is 13.4. The molecule has 0 fully saturated rings. The number of anilines is 2. The number of para-hydroxylation sites is 4. The predicted molar refractivity (Wildman–Crippen MR) is 166 cm³/mol. The molecule has 0 unspecified atom stereocenters. The highest BCUT2D eigenvalue weighted by Gasteiger charge is 2.28. The lowest BCUT2D eigenvalue weighted by molar-refractivity contribution is 0.476. The number of hydrogen-bond donors (Lipinski definition) is 0. The highest BCUT2D eigenvalue weighted by atomic mass is 28.2. The highest BCUT2D eigenvalue weighted by Crippen LogP contribution is 2.48. The third kappa shape index (κ3) is 3.33. The first kappa shape index (κ1) is 23.0. The van der Waals surface area contributed by atoms with E-state index in [0.717, 1.165) is 56.3 Å². The van der Waals surface area contributed by atoms with E-state index >= 15 is 0 Å². The Balaban J connectivity index is 1.39. The van der Waals surface area contributed by atoms with Gasteiger partial charge in [0.1, 0.15) is 5.65 Å². The minimum atomic E-state index is 0.639. The second-order valence-corrected chi connectivity index (χ2v) is 11.3. The van der Waals surface area contributed by atoms with Crippen LogP contribution in [0.5, 0.6) is 11.5 Å². The zero-order chi connectivity index (χ0) is 26.8. The zero-order valence-corrected chi connectivity index (χ0v) is 23.2. The molecule has 0 saturated carbocycles. The standard InChI is InChI=1S/C34H25N4OSi/c1-22(40-2)37-30-16-7-8-17-31(30)39-32-21-27-26-13-4-6-15-29(26)38(33(27)35-34(32)37)25-12-9-11-24(20-25)36-19-18-23-10-3-5-14-28(23)36/h3-21H,1-2H3. The van der Waals surface area contributed by atoms with E-state index in [4.69, 9.17) is 9.72 Å². The van der Waals surface area contributed by atoms with Crippen molar-refractivity contribution in [2.45, 2.75) is 13.5 Å². The van der Waals surface area contributed by atoms with Crippen molar-refractivity contribution in [2.75, 3.05) is 4.90 Å². The summed E-state index contributed by atoms with van der Waals surface area (Å²) in [7, 11) is 0.639. The van der Waals surface area contributed by atoms with Gasteiger partial charge in [0.05, 0.1) is 16.7 Å². The second kappa shape index (κ2) is 8.79. The minimum absolute atomic E-state index is 0.639. The molecule has 8 rings (SSSR count). The summed E-state index contributed by atoms with van der Waals surface area (Å²) >= 11 is 0. The van der Waals surface area contributed by atoms with Crippen LogP contribution in [0.2, 0.25) is 6.55 Å². The van der Waals surface area contributed by atoms with E-state index in [-0.39, 0.29) is 0 Å². The molecular weight excluding hydrogens is 508 g/mol. The second-order valence-electron chi connectivity index (χ2n) is 10.0. The molecule has 1 aliphatic heterocycles. The average molecular weight is 534 g/mol. The van der Waals surface area contributed by atoms with E-state index in [1.807, 2.05) is 12.1 Å². The Labute approximate surface area is 233 Å². The van der Waals surface area contributed by atoms with Crippen molar-refractivity contribution in [1.29, 1.82) is 0 Å². The van der Waals surface area contributed by atoms with Crippen molar-refractivity contribution in [3.8, 4) is 22.9 Å². The quantitative estimate of drug-likeness (QED) is 0.214. The molecule has 0 amide bonds. The monoisotopic (exact) mass is 533 g/mol. The van der Waals surface area contributed by atoms with Gasteiger partial charge >= 0.3 is 0 Å². The van der Waals surface area contributed by atoms with Gasteiger partial charge in [-0.05, 0) is 72.2 Å². The SMILES string of the molecule is C[Si]=C(C)N1c2ccccc2Oc2cc3c4ccccc4n(-c4cccc(-n5ccc6ccccc65)c4)c3nc21. The fourth-order valence-electron chi connectivity index (χ4n) is 5.85. The van der Waals surface area contributed by atoms with Crippen LogP contribution < -0.4 is 9.64 Å². The molecule has 191 valence electrons. The summed E-state index contributed by atoms with van der Waals surface area (Å²) in [6.07, 6.45) is 2.14. The fourth-order valence-corrected chi connectivity index (χ4v) is 6.30. The fraction of sp³-hybridized carbons (Fsp3) is 0.0588. The van der Waals surface area contributed by atoms with Crippen LogP contribution in [0.1, 0.15) is 6.92 Å². The maximum Gasteiger partial charge on any atom is 0.182 e. The molecule has 0 N–H and O–H groups in total. The lowest BCUT2D eigenvalue weighted by atomic mass is 10.1. The number of pyridine rings is 1. The number of ether oxygens (including phenoxy) is 1. The van der Waals surface area contributed by atoms with Crippen molar-refractivity contribution < 1.29 is 4.74 Å². The van der Waals surface area contributed by atoms with Crippen LogP contribution in [0.3, 0.4) is 0 Å². The molecule has 7 aromatic rings.